The monoisotopic (exact) mass is 135 g/mol. The summed E-state index contributed by atoms with van der Waals surface area (Å²) in [6.07, 6.45) is 9.28. The average Bonchev–Trinajstić information content (AvgIpc) is 2.60. The normalized spacial score (nSPS) is 50.4. The molecule has 0 unspecified atom stereocenters. The van der Waals surface area contributed by atoms with Crippen LogP contribution in [0.2, 0.25) is 0 Å². The summed E-state index contributed by atoms with van der Waals surface area (Å²) >= 11 is 0. The molecule has 3 atom stereocenters. The summed E-state index contributed by atoms with van der Waals surface area (Å²) < 4.78 is 0. The van der Waals surface area contributed by atoms with Gasteiger partial charge in [0.25, 0.3) is 0 Å². The van der Waals surface area contributed by atoms with Crippen molar-refractivity contribution in [2.75, 3.05) is 0 Å². The van der Waals surface area contributed by atoms with Gasteiger partial charge in [0.2, 0.25) is 0 Å². The summed E-state index contributed by atoms with van der Waals surface area (Å²) in [6.45, 7) is 0. The minimum absolute atomic E-state index is 1.11. The van der Waals surface area contributed by atoms with E-state index in [0.717, 1.165) is 17.8 Å². The molecular formula is C10H15+. The van der Waals surface area contributed by atoms with E-state index in [4.69, 9.17) is 0 Å². The van der Waals surface area contributed by atoms with Gasteiger partial charge in [-0.05, 0) is 32.1 Å². The first-order valence-corrected chi connectivity index (χ1v) is 4.81. The highest BCUT2D eigenvalue weighted by atomic mass is 14.5. The third-order valence-electron chi connectivity index (χ3n) is 4.02. The van der Waals surface area contributed by atoms with Crippen LogP contribution in [-0.2, 0) is 0 Å². The predicted octanol–water partition coefficient (Wildman–Crippen LogP) is 2.79. The SMILES string of the molecule is C1C[C+]2[C@H]3CC[C@H](C3)[C@@H]2C1. The van der Waals surface area contributed by atoms with Crippen LogP contribution in [0.25, 0.3) is 0 Å². The molecule has 3 aliphatic carbocycles. The largest absolute Gasteiger partial charge is 0.104 e. The lowest BCUT2D eigenvalue weighted by Crippen LogP contribution is -2.14. The molecule has 3 fully saturated rings. The second-order valence-electron chi connectivity index (χ2n) is 4.34. The molecule has 0 nitrogen and oxygen atoms in total. The molecule has 3 saturated carbocycles. The number of hydrogen-bond donors (Lipinski definition) is 0. The number of fused-ring (bicyclic) bond motifs is 5. The van der Waals surface area contributed by atoms with E-state index < -0.39 is 0 Å². The van der Waals surface area contributed by atoms with Crippen LogP contribution in [0.3, 0.4) is 0 Å². The number of hydrogen-bond acceptors (Lipinski definition) is 0. The predicted molar refractivity (Wildman–Crippen MR) is 41.4 cm³/mol. The molecule has 10 heavy (non-hydrogen) atoms. The summed E-state index contributed by atoms with van der Waals surface area (Å²) in [5, 5.41) is 0. The molecular weight excluding hydrogens is 120 g/mol. The van der Waals surface area contributed by atoms with Crippen molar-refractivity contribution < 1.29 is 0 Å². The maximum atomic E-state index is 2.00. The summed E-state index contributed by atoms with van der Waals surface area (Å²) in [7, 11) is 0. The van der Waals surface area contributed by atoms with Crippen LogP contribution < -0.4 is 0 Å². The Morgan fingerprint density at radius 2 is 2.10 bits per heavy atom. The second-order valence-corrected chi connectivity index (χ2v) is 4.34. The van der Waals surface area contributed by atoms with Crippen molar-refractivity contribution in [3.63, 3.8) is 0 Å². The van der Waals surface area contributed by atoms with Crippen LogP contribution in [0.1, 0.15) is 38.5 Å². The highest BCUT2D eigenvalue weighted by Gasteiger charge is 2.58. The van der Waals surface area contributed by atoms with E-state index in [0.29, 0.717) is 0 Å². The summed E-state index contributed by atoms with van der Waals surface area (Å²) in [6, 6.07) is 0. The van der Waals surface area contributed by atoms with Gasteiger partial charge in [0.1, 0.15) is 11.8 Å². The van der Waals surface area contributed by atoms with Gasteiger partial charge in [0, 0.05) is 5.92 Å². The Kier molecular flexibility index (Phi) is 0.948. The lowest BCUT2D eigenvalue weighted by Gasteiger charge is -2.14. The quantitative estimate of drug-likeness (QED) is 0.448. The third kappa shape index (κ3) is 0.514. The van der Waals surface area contributed by atoms with Gasteiger partial charge in [0.15, 0.2) is 0 Å². The standard InChI is InChI=1S/C10H15/c1-2-9-7-4-5-8(6-7)10(9)3-1/h7-9H,1-6H2/q+1/t7-,8+,9+/m1/s1. The van der Waals surface area contributed by atoms with Crippen molar-refractivity contribution in [1.29, 1.82) is 0 Å². The Hall–Kier alpha value is -0.130. The first kappa shape index (κ1) is 5.51. The van der Waals surface area contributed by atoms with Crippen LogP contribution in [0.5, 0.6) is 0 Å². The highest BCUT2D eigenvalue weighted by molar-refractivity contribution is 5.16. The zero-order chi connectivity index (χ0) is 6.55. The van der Waals surface area contributed by atoms with Gasteiger partial charge in [-0.3, -0.25) is 0 Å². The molecule has 0 saturated heterocycles. The summed E-state index contributed by atoms with van der Waals surface area (Å²) in [5.74, 6) is 5.38. The van der Waals surface area contributed by atoms with E-state index in [2.05, 4.69) is 0 Å². The minimum Gasteiger partial charge on any atom is -0.0416 e. The fraction of sp³-hybridized carbons (Fsp3) is 0.900. The zero-order valence-corrected chi connectivity index (χ0v) is 6.47. The average molecular weight is 135 g/mol. The molecule has 0 aromatic heterocycles. The van der Waals surface area contributed by atoms with Crippen molar-refractivity contribution in [1.82, 2.24) is 0 Å². The molecule has 0 aliphatic heterocycles. The molecule has 54 valence electrons. The van der Waals surface area contributed by atoms with E-state index in [1.807, 2.05) is 5.92 Å². The molecule has 0 radical (unpaired) electrons. The Morgan fingerprint density at radius 3 is 3.00 bits per heavy atom. The summed E-state index contributed by atoms with van der Waals surface area (Å²) in [5.41, 5.74) is 0. The van der Waals surface area contributed by atoms with Crippen LogP contribution in [0.4, 0.5) is 0 Å². The van der Waals surface area contributed by atoms with Gasteiger partial charge in [-0.2, -0.15) is 0 Å². The topological polar surface area (TPSA) is 0 Å². The maximum Gasteiger partial charge on any atom is 0.104 e. The Morgan fingerprint density at radius 1 is 1.10 bits per heavy atom. The lowest BCUT2D eigenvalue weighted by atomic mass is 9.82. The second kappa shape index (κ2) is 1.72. The van der Waals surface area contributed by atoms with Gasteiger partial charge < -0.3 is 0 Å². The number of rotatable bonds is 0. The first-order chi connectivity index (χ1) is 4.95. The molecule has 3 rings (SSSR count). The van der Waals surface area contributed by atoms with Crippen LogP contribution in [-0.4, -0.2) is 0 Å². The van der Waals surface area contributed by atoms with Gasteiger partial charge in [0.05, 0.1) is 12.3 Å². The fourth-order valence-corrected chi connectivity index (χ4v) is 3.66. The van der Waals surface area contributed by atoms with E-state index >= 15 is 0 Å². The molecule has 0 heterocycles. The molecule has 0 aromatic carbocycles. The van der Waals surface area contributed by atoms with Gasteiger partial charge >= 0.3 is 0 Å². The molecule has 3 aliphatic rings. The lowest BCUT2D eigenvalue weighted by molar-refractivity contribution is 0.383. The minimum atomic E-state index is 1.11. The molecule has 0 spiro atoms. The van der Waals surface area contributed by atoms with Gasteiger partial charge in [-0.1, -0.05) is 0 Å². The van der Waals surface area contributed by atoms with Crippen molar-refractivity contribution in [3.05, 3.63) is 5.92 Å². The summed E-state index contributed by atoms with van der Waals surface area (Å²) in [4.78, 5) is 0. The van der Waals surface area contributed by atoms with E-state index in [-0.39, 0.29) is 0 Å². The van der Waals surface area contributed by atoms with Crippen molar-refractivity contribution in [3.8, 4) is 0 Å². The Balaban J connectivity index is 1.92. The molecule has 0 aromatic rings. The van der Waals surface area contributed by atoms with Gasteiger partial charge in [-0.25, -0.2) is 0 Å². The first-order valence-electron chi connectivity index (χ1n) is 4.81. The molecule has 2 bridgehead atoms. The molecule has 0 amide bonds. The third-order valence-corrected chi connectivity index (χ3v) is 4.02. The van der Waals surface area contributed by atoms with E-state index in [1.54, 1.807) is 25.7 Å². The maximum absolute atomic E-state index is 2.00. The van der Waals surface area contributed by atoms with E-state index in [9.17, 15) is 0 Å². The van der Waals surface area contributed by atoms with Crippen LogP contribution in [0.15, 0.2) is 0 Å². The van der Waals surface area contributed by atoms with Crippen molar-refractivity contribution >= 4 is 0 Å². The molecule has 0 N–H and O–H groups in total. The molecule has 0 heteroatoms. The van der Waals surface area contributed by atoms with Crippen molar-refractivity contribution in [2.24, 2.45) is 17.8 Å². The van der Waals surface area contributed by atoms with E-state index in [1.165, 1.54) is 12.8 Å². The van der Waals surface area contributed by atoms with Crippen LogP contribution in [0, 0.1) is 23.7 Å². The Labute approximate surface area is 63.0 Å². The highest BCUT2D eigenvalue weighted by Crippen LogP contribution is 2.59. The van der Waals surface area contributed by atoms with Gasteiger partial charge in [-0.15, -0.1) is 0 Å². The zero-order valence-electron chi connectivity index (χ0n) is 6.47. The Bertz CT molecular complexity index is 134. The van der Waals surface area contributed by atoms with Crippen molar-refractivity contribution in [2.45, 2.75) is 38.5 Å². The fourth-order valence-electron chi connectivity index (χ4n) is 3.66. The van der Waals surface area contributed by atoms with Crippen LogP contribution >= 0.6 is 0 Å². The smallest absolute Gasteiger partial charge is 0.0416 e.